The lowest BCUT2D eigenvalue weighted by molar-refractivity contribution is 0.718. The molecule has 0 spiro atoms. The fourth-order valence-electron chi connectivity index (χ4n) is 1.85. The van der Waals surface area contributed by atoms with Gasteiger partial charge in [0.1, 0.15) is 0 Å². The number of halogens is 1. The smallest absolute Gasteiger partial charge is 0.0986 e. The Morgan fingerprint density at radius 1 is 1.39 bits per heavy atom. The van der Waals surface area contributed by atoms with Crippen molar-refractivity contribution in [3.05, 3.63) is 53.6 Å². The summed E-state index contributed by atoms with van der Waals surface area (Å²) < 4.78 is 1.98. The molecule has 0 amide bonds. The molecule has 0 N–H and O–H groups in total. The second-order valence-electron chi connectivity index (χ2n) is 4.41. The van der Waals surface area contributed by atoms with Gasteiger partial charge in [-0.15, -0.1) is 0 Å². The summed E-state index contributed by atoms with van der Waals surface area (Å²) >= 11 is 5.94. The molecule has 1 unspecified atom stereocenters. The number of hydrogen-bond acceptors (Lipinski definition) is 1. The number of allylic oxidation sites excluding steroid dienone is 1. The topological polar surface area (TPSA) is 17.8 Å². The Morgan fingerprint density at radius 2 is 2.11 bits per heavy atom. The number of aromatic nitrogens is 2. The molecule has 0 aliphatic heterocycles. The first kappa shape index (κ1) is 12.9. The van der Waals surface area contributed by atoms with Gasteiger partial charge in [-0.05, 0) is 35.6 Å². The van der Waals surface area contributed by atoms with Crippen LogP contribution in [-0.4, -0.2) is 9.55 Å². The van der Waals surface area contributed by atoms with Crippen molar-refractivity contribution >= 4 is 23.4 Å². The summed E-state index contributed by atoms with van der Waals surface area (Å²) in [5, 5.41) is 0.768. The highest BCUT2D eigenvalue weighted by Gasteiger charge is 2.09. The molecular formula is C15H17ClN2. The van der Waals surface area contributed by atoms with E-state index in [0.717, 1.165) is 11.4 Å². The Morgan fingerprint density at radius 3 is 2.67 bits per heavy atom. The number of nitrogens with zero attached hydrogens (tertiary/aromatic N) is 2. The molecule has 1 aromatic carbocycles. The maximum atomic E-state index is 5.94. The summed E-state index contributed by atoms with van der Waals surface area (Å²) in [6.07, 6.45) is 8.76. The van der Waals surface area contributed by atoms with E-state index in [0.29, 0.717) is 5.92 Å². The molecule has 94 valence electrons. The van der Waals surface area contributed by atoms with E-state index in [9.17, 15) is 0 Å². The van der Waals surface area contributed by atoms with E-state index in [1.807, 2.05) is 22.9 Å². The first-order valence-corrected chi connectivity index (χ1v) is 6.53. The van der Waals surface area contributed by atoms with Gasteiger partial charge in [-0.2, -0.15) is 0 Å². The van der Waals surface area contributed by atoms with E-state index in [-0.39, 0.29) is 0 Å². The van der Waals surface area contributed by atoms with Crippen LogP contribution in [0, 0.1) is 5.92 Å². The first-order valence-electron chi connectivity index (χ1n) is 6.15. The Kier molecular flexibility index (Phi) is 4.21. The average Bonchev–Trinajstić information content (AvgIpc) is 2.89. The van der Waals surface area contributed by atoms with E-state index in [2.05, 4.69) is 37.2 Å². The molecule has 0 radical (unpaired) electrons. The number of rotatable bonds is 4. The Bertz CT molecular complexity index is 512. The molecule has 1 aromatic heterocycles. The van der Waals surface area contributed by atoms with Gasteiger partial charge in [-0.25, -0.2) is 4.98 Å². The normalized spacial score (nSPS) is 13.6. The van der Waals surface area contributed by atoms with Crippen LogP contribution in [0.5, 0.6) is 0 Å². The van der Waals surface area contributed by atoms with Crippen LogP contribution in [-0.2, 0) is 0 Å². The molecule has 0 bridgehead atoms. The van der Waals surface area contributed by atoms with E-state index in [1.54, 1.807) is 12.5 Å². The van der Waals surface area contributed by atoms with Crippen molar-refractivity contribution < 1.29 is 0 Å². The summed E-state index contributed by atoms with van der Waals surface area (Å²) in [6, 6.07) is 8.00. The van der Waals surface area contributed by atoms with Gasteiger partial charge in [0.05, 0.1) is 6.33 Å². The van der Waals surface area contributed by atoms with Gasteiger partial charge >= 0.3 is 0 Å². The molecule has 0 aliphatic carbocycles. The zero-order chi connectivity index (χ0) is 13.0. The van der Waals surface area contributed by atoms with E-state index < -0.39 is 0 Å². The van der Waals surface area contributed by atoms with Crippen molar-refractivity contribution in [2.75, 3.05) is 0 Å². The van der Waals surface area contributed by atoms with E-state index in [4.69, 9.17) is 11.6 Å². The second kappa shape index (κ2) is 5.87. The fourth-order valence-corrected chi connectivity index (χ4v) is 1.98. The molecule has 0 saturated carbocycles. The van der Waals surface area contributed by atoms with Gasteiger partial charge < -0.3 is 4.57 Å². The number of hydrogen-bond donors (Lipinski definition) is 0. The molecule has 18 heavy (non-hydrogen) atoms. The highest BCUT2D eigenvalue weighted by atomic mass is 35.5. The maximum Gasteiger partial charge on any atom is 0.0986 e. The average molecular weight is 261 g/mol. The van der Waals surface area contributed by atoms with Crippen LogP contribution in [0.25, 0.3) is 11.8 Å². The van der Waals surface area contributed by atoms with Crippen LogP contribution in [0.2, 0.25) is 5.02 Å². The minimum absolute atomic E-state index is 0.494. The molecule has 1 atom stereocenters. The lowest BCUT2D eigenvalue weighted by atomic mass is 9.93. The molecule has 0 saturated heterocycles. The molecule has 1 heterocycles. The van der Waals surface area contributed by atoms with Crippen LogP contribution in [0.15, 0.2) is 43.0 Å². The molecule has 0 fully saturated rings. The largest absolute Gasteiger partial charge is 0.313 e. The highest BCUT2D eigenvalue weighted by molar-refractivity contribution is 6.30. The first-order chi connectivity index (χ1) is 8.70. The zero-order valence-corrected chi connectivity index (χ0v) is 11.4. The third-order valence-electron chi connectivity index (χ3n) is 3.13. The summed E-state index contributed by atoms with van der Waals surface area (Å²) in [5.74, 6) is 0.494. The van der Waals surface area contributed by atoms with Crippen molar-refractivity contribution in [2.45, 2.75) is 20.3 Å². The Balaban J connectivity index is 2.39. The van der Waals surface area contributed by atoms with Gasteiger partial charge in [-0.1, -0.05) is 37.6 Å². The number of imidazole rings is 1. The summed E-state index contributed by atoms with van der Waals surface area (Å²) in [7, 11) is 0. The second-order valence-corrected chi connectivity index (χ2v) is 4.85. The van der Waals surface area contributed by atoms with Crippen molar-refractivity contribution in [2.24, 2.45) is 5.92 Å². The van der Waals surface area contributed by atoms with Crippen LogP contribution >= 0.6 is 11.6 Å². The molecule has 2 rings (SSSR count). The SMILES string of the molecule is CCC(C)/C(=C\n1ccnc1)c1ccc(Cl)cc1. The molecule has 3 heteroatoms. The van der Waals surface area contributed by atoms with Crippen molar-refractivity contribution in [1.82, 2.24) is 9.55 Å². The quantitative estimate of drug-likeness (QED) is 0.787. The van der Waals surface area contributed by atoms with Crippen molar-refractivity contribution in [3.8, 4) is 0 Å². The summed E-state index contributed by atoms with van der Waals surface area (Å²) in [6.45, 7) is 4.43. The van der Waals surface area contributed by atoms with Gasteiger partial charge in [0.15, 0.2) is 0 Å². The van der Waals surface area contributed by atoms with Crippen molar-refractivity contribution in [3.63, 3.8) is 0 Å². The number of benzene rings is 1. The van der Waals surface area contributed by atoms with Gasteiger partial charge in [0.25, 0.3) is 0 Å². The van der Waals surface area contributed by atoms with Crippen LogP contribution < -0.4 is 0 Å². The molecular weight excluding hydrogens is 244 g/mol. The third kappa shape index (κ3) is 3.02. The minimum Gasteiger partial charge on any atom is -0.313 e. The fraction of sp³-hybridized carbons (Fsp3) is 0.267. The lowest BCUT2D eigenvalue weighted by Gasteiger charge is -2.15. The molecule has 2 nitrogen and oxygen atoms in total. The molecule has 2 aromatic rings. The monoisotopic (exact) mass is 260 g/mol. The predicted octanol–water partition coefficient (Wildman–Crippen LogP) is 4.58. The van der Waals surface area contributed by atoms with Gasteiger partial charge in [-0.3, -0.25) is 0 Å². The van der Waals surface area contributed by atoms with E-state index in [1.165, 1.54) is 11.1 Å². The third-order valence-corrected chi connectivity index (χ3v) is 3.39. The zero-order valence-electron chi connectivity index (χ0n) is 10.7. The maximum absolute atomic E-state index is 5.94. The van der Waals surface area contributed by atoms with Crippen LogP contribution in [0.1, 0.15) is 25.8 Å². The standard InChI is InChI=1S/C15H17ClN2/c1-3-12(2)15(10-18-9-8-17-11-18)13-4-6-14(16)7-5-13/h4-12H,3H2,1-2H3/b15-10+. The van der Waals surface area contributed by atoms with Crippen molar-refractivity contribution in [1.29, 1.82) is 0 Å². The Hall–Kier alpha value is -1.54. The van der Waals surface area contributed by atoms with Gasteiger partial charge in [0.2, 0.25) is 0 Å². The van der Waals surface area contributed by atoms with Crippen LogP contribution in [0.4, 0.5) is 0 Å². The highest BCUT2D eigenvalue weighted by Crippen LogP contribution is 2.27. The predicted molar refractivity (Wildman–Crippen MR) is 77.3 cm³/mol. The summed E-state index contributed by atoms with van der Waals surface area (Å²) in [5.41, 5.74) is 2.51. The summed E-state index contributed by atoms with van der Waals surface area (Å²) in [4.78, 5) is 4.07. The lowest BCUT2D eigenvalue weighted by Crippen LogP contribution is -1.99. The van der Waals surface area contributed by atoms with Gasteiger partial charge in [0, 0.05) is 23.6 Å². The minimum atomic E-state index is 0.494. The molecule has 0 aliphatic rings. The van der Waals surface area contributed by atoms with E-state index >= 15 is 0 Å². The Labute approximate surface area is 113 Å². The van der Waals surface area contributed by atoms with Crippen LogP contribution in [0.3, 0.4) is 0 Å².